The zero-order valence-electron chi connectivity index (χ0n) is 7.87. The predicted octanol–water partition coefficient (Wildman–Crippen LogP) is 0.532. The van der Waals surface area contributed by atoms with Gasteiger partial charge in [-0.2, -0.15) is 8.42 Å². The van der Waals surface area contributed by atoms with Crippen molar-refractivity contribution in [2.75, 3.05) is 19.5 Å². The number of hydrogen-bond acceptors (Lipinski definition) is 4. The maximum atomic E-state index is 10.8. The minimum absolute atomic E-state index is 0.000856. The van der Waals surface area contributed by atoms with Crippen molar-refractivity contribution in [3.8, 4) is 0 Å². The molecular formula is C8H14O4S. The van der Waals surface area contributed by atoms with Gasteiger partial charge in [-0.25, -0.2) is 0 Å². The van der Waals surface area contributed by atoms with Crippen LogP contribution < -0.4 is 0 Å². The summed E-state index contributed by atoms with van der Waals surface area (Å²) >= 11 is 0. The predicted molar refractivity (Wildman–Crippen MR) is 46.8 cm³/mol. The number of ether oxygens (including phenoxy) is 1. The maximum Gasteiger partial charge on any atom is 0.264 e. The summed E-state index contributed by atoms with van der Waals surface area (Å²) in [6, 6.07) is 0. The SMILES string of the molecule is CC12CC(COS(C)(=O)=O)(CO1)C2. The average molecular weight is 206 g/mol. The Morgan fingerprint density at radius 2 is 2.08 bits per heavy atom. The summed E-state index contributed by atoms with van der Waals surface area (Å²) in [4.78, 5) is 0. The first-order chi connectivity index (χ1) is 5.83. The Balaban J connectivity index is 1.92. The van der Waals surface area contributed by atoms with E-state index in [1.807, 2.05) is 0 Å². The largest absolute Gasteiger partial charge is 0.375 e. The van der Waals surface area contributed by atoms with E-state index in [9.17, 15) is 8.42 Å². The molecule has 76 valence electrons. The summed E-state index contributed by atoms with van der Waals surface area (Å²) in [5, 5.41) is 0. The first-order valence-corrected chi connectivity index (χ1v) is 6.13. The molecule has 2 bridgehead atoms. The van der Waals surface area contributed by atoms with Crippen LogP contribution in [0.4, 0.5) is 0 Å². The van der Waals surface area contributed by atoms with Crippen LogP contribution in [0.2, 0.25) is 0 Å². The third-order valence-electron chi connectivity index (χ3n) is 2.80. The van der Waals surface area contributed by atoms with Crippen molar-refractivity contribution in [1.29, 1.82) is 0 Å². The summed E-state index contributed by atoms with van der Waals surface area (Å²) < 4.78 is 31.8. The van der Waals surface area contributed by atoms with Crippen LogP contribution in [-0.2, 0) is 19.0 Å². The number of fused-ring (bicyclic) bond motifs is 1. The molecule has 2 aliphatic heterocycles. The molecule has 0 N–H and O–H groups in total. The van der Waals surface area contributed by atoms with E-state index in [4.69, 9.17) is 8.92 Å². The summed E-state index contributed by atoms with van der Waals surface area (Å²) in [5.41, 5.74) is -0.0152. The second kappa shape index (κ2) is 2.46. The third kappa shape index (κ3) is 1.73. The van der Waals surface area contributed by atoms with Gasteiger partial charge in [0.2, 0.25) is 0 Å². The number of rotatable bonds is 3. The molecule has 5 heteroatoms. The first-order valence-electron chi connectivity index (χ1n) is 4.31. The molecule has 0 unspecified atom stereocenters. The Hall–Kier alpha value is -0.130. The van der Waals surface area contributed by atoms with Gasteiger partial charge in [0.1, 0.15) is 0 Å². The van der Waals surface area contributed by atoms with Crippen molar-refractivity contribution >= 4 is 10.1 Å². The van der Waals surface area contributed by atoms with Gasteiger partial charge in [-0.1, -0.05) is 0 Å². The molecule has 0 atom stereocenters. The molecule has 4 nitrogen and oxygen atoms in total. The molecule has 0 radical (unpaired) electrons. The molecule has 1 saturated carbocycles. The highest BCUT2D eigenvalue weighted by Crippen LogP contribution is 2.57. The summed E-state index contributed by atoms with van der Waals surface area (Å²) in [6.07, 6.45) is 2.93. The van der Waals surface area contributed by atoms with Crippen molar-refractivity contribution in [3.05, 3.63) is 0 Å². The molecule has 0 amide bonds. The smallest absolute Gasteiger partial charge is 0.264 e. The fourth-order valence-corrected chi connectivity index (χ4v) is 2.91. The van der Waals surface area contributed by atoms with Crippen molar-refractivity contribution in [2.45, 2.75) is 25.4 Å². The van der Waals surface area contributed by atoms with Crippen LogP contribution in [0.5, 0.6) is 0 Å². The van der Waals surface area contributed by atoms with Crippen molar-refractivity contribution in [1.82, 2.24) is 0 Å². The van der Waals surface area contributed by atoms with Gasteiger partial charge < -0.3 is 4.74 Å². The van der Waals surface area contributed by atoms with Crippen LogP contribution in [0.25, 0.3) is 0 Å². The van der Waals surface area contributed by atoms with E-state index in [1.165, 1.54) is 0 Å². The Kier molecular flexibility index (Phi) is 1.78. The molecule has 2 saturated heterocycles. The minimum Gasteiger partial charge on any atom is -0.375 e. The van der Waals surface area contributed by atoms with Gasteiger partial charge in [0.25, 0.3) is 10.1 Å². The standard InChI is InChI=1S/C8H14O4S/c1-7-3-8(4-7,5-11-7)6-12-13(2,9)10/h3-6H2,1-2H3. The van der Waals surface area contributed by atoms with E-state index >= 15 is 0 Å². The van der Waals surface area contributed by atoms with E-state index < -0.39 is 10.1 Å². The molecular weight excluding hydrogens is 192 g/mol. The number of hydrogen-bond donors (Lipinski definition) is 0. The zero-order valence-corrected chi connectivity index (χ0v) is 8.69. The summed E-state index contributed by atoms with van der Waals surface area (Å²) in [5.74, 6) is 0. The van der Waals surface area contributed by atoms with E-state index in [1.54, 1.807) is 0 Å². The van der Waals surface area contributed by atoms with Gasteiger partial charge in [-0.05, 0) is 19.8 Å². The molecule has 0 spiro atoms. The van der Waals surface area contributed by atoms with Crippen LogP contribution in [0, 0.1) is 5.41 Å². The van der Waals surface area contributed by atoms with E-state index in [0.29, 0.717) is 6.61 Å². The molecule has 3 rings (SSSR count). The van der Waals surface area contributed by atoms with Gasteiger partial charge >= 0.3 is 0 Å². The normalized spacial score (nSPS) is 43.2. The van der Waals surface area contributed by atoms with E-state index in [0.717, 1.165) is 19.1 Å². The van der Waals surface area contributed by atoms with Crippen LogP contribution in [0.1, 0.15) is 19.8 Å². The third-order valence-corrected chi connectivity index (χ3v) is 3.35. The molecule has 0 aromatic rings. The topological polar surface area (TPSA) is 52.6 Å². The highest BCUT2D eigenvalue weighted by molar-refractivity contribution is 7.85. The second-order valence-electron chi connectivity index (χ2n) is 4.56. The van der Waals surface area contributed by atoms with Gasteiger partial charge in [0.05, 0.1) is 25.1 Å². The van der Waals surface area contributed by atoms with Crippen LogP contribution in [-0.4, -0.2) is 33.5 Å². The van der Waals surface area contributed by atoms with Crippen molar-refractivity contribution in [3.63, 3.8) is 0 Å². The van der Waals surface area contributed by atoms with Crippen LogP contribution >= 0.6 is 0 Å². The zero-order chi connectivity index (χ0) is 9.74. The Labute approximate surface area is 78.3 Å². The lowest BCUT2D eigenvalue weighted by molar-refractivity contribution is -0.00761. The van der Waals surface area contributed by atoms with Gasteiger partial charge in [0, 0.05) is 5.41 Å². The Morgan fingerprint density at radius 1 is 1.46 bits per heavy atom. The summed E-state index contributed by atoms with van der Waals surface area (Å²) in [7, 11) is -3.30. The molecule has 1 aliphatic carbocycles. The summed E-state index contributed by atoms with van der Waals surface area (Å²) in [6.45, 7) is 2.97. The molecule has 3 aliphatic rings. The van der Waals surface area contributed by atoms with Gasteiger partial charge in [-0.15, -0.1) is 0 Å². The van der Waals surface area contributed by atoms with Gasteiger partial charge in [-0.3, -0.25) is 4.18 Å². The molecule has 0 aromatic carbocycles. The van der Waals surface area contributed by atoms with Crippen molar-refractivity contribution < 1.29 is 17.3 Å². The van der Waals surface area contributed by atoms with Gasteiger partial charge in [0.15, 0.2) is 0 Å². The van der Waals surface area contributed by atoms with Crippen molar-refractivity contribution in [2.24, 2.45) is 5.41 Å². The lowest BCUT2D eigenvalue weighted by Gasteiger charge is -2.41. The van der Waals surface area contributed by atoms with E-state index in [2.05, 4.69) is 6.92 Å². The average Bonchev–Trinajstić information content (AvgIpc) is 2.36. The molecule has 2 heterocycles. The monoisotopic (exact) mass is 206 g/mol. The Morgan fingerprint density at radius 3 is 2.46 bits per heavy atom. The van der Waals surface area contributed by atoms with Crippen LogP contribution in [0.15, 0.2) is 0 Å². The fraction of sp³-hybridized carbons (Fsp3) is 1.00. The molecule has 0 aromatic heterocycles. The Bertz CT molecular complexity index is 313. The highest BCUT2D eigenvalue weighted by Gasteiger charge is 2.60. The molecule has 13 heavy (non-hydrogen) atoms. The van der Waals surface area contributed by atoms with E-state index in [-0.39, 0.29) is 17.6 Å². The fourth-order valence-electron chi connectivity index (χ4n) is 2.44. The lowest BCUT2D eigenvalue weighted by Crippen LogP contribution is -2.44. The van der Waals surface area contributed by atoms with Crippen LogP contribution in [0.3, 0.4) is 0 Å². The maximum absolute atomic E-state index is 10.8. The quantitative estimate of drug-likeness (QED) is 0.632. The minimum atomic E-state index is -3.30. The highest BCUT2D eigenvalue weighted by atomic mass is 32.2. The second-order valence-corrected chi connectivity index (χ2v) is 6.20. The molecule has 3 fully saturated rings. The first kappa shape index (κ1) is 9.43. The lowest BCUT2D eigenvalue weighted by atomic mass is 9.64.